The van der Waals surface area contributed by atoms with E-state index in [0.717, 1.165) is 22.5 Å². The van der Waals surface area contributed by atoms with Crippen LogP contribution in [0.15, 0.2) is 152 Å². The molecule has 3 aromatic heterocycles. The zero-order valence-corrected chi connectivity index (χ0v) is 22.8. The number of hydrogen-bond donors (Lipinski definition) is 0. The summed E-state index contributed by atoms with van der Waals surface area (Å²) in [6.45, 7) is 0. The molecule has 0 fully saturated rings. The van der Waals surface area contributed by atoms with Gasteiger partial charge in [0.1, 0.15) is 5.65 Å². The minimum absolute atomic E-state index is 0.963. The second kappa shape index (κ2) is 8.92. The van der Waals surface area contributed by atoms with Crippen molar-refractivity contribution in [1.82, 2.24) is 14.1 Å². The van der Waals surface area contributed by atoms with Gasteiger partial charge in [0, 0.05) is 44.7 Å². The molecule has 0 aliphatic carbocycles. The van der Waals surface area contributed by atoms with Gasteiger partial charge in [-0.15, -0.1) is 0 Å². The summed E-state index contributed by atoms with van der Waals surface area (Å²) in [6.07, 6.45) is 1.96. The van der Waals surface area contributed by atoms with E-state index in [-0.39, 0.29) is 0 Å². The van der Waals surface area contributed by atoms with Gasteiger partial charge in [0.25, 0.3) is 0 Å². The lowest BCUT2D eigenvalue weighted by Crippen LogP contribution is -1.97. The average molecular weight is 536 g/mol. The molecule has 9 rings (SSSR count). The highest BCUT2D eigenvalue weighted by Crippen LogP contribution is 2.43. The van der Waals surface area contributed by atoms with E-state index in [1.807, 2.05) is 6.20 Å². The molecular weight excluding hydrogens is 510 g/mol. The van der Waals surface area contributed by atoms with Gasteiger partial charge in [0.15, 0.2) is 0 Å². The summed E-state index contributed by atoms with van der Waals surface area (Å²) in [5, 5.41) is 7.33. The molecule has 196 valence electrons. The highest BCUT2D eigenvalue weighted by molar-refractivity contribution is 6.20. The molecule has 3 nitrogen and oxygen atoms in total. The van der Waals surface area contributed by atoms with Crippen molar-refractivity contribution in [1.29, 1.82) is 0 Å². The Bertz CT molecular complexity index is 2460. The van der Waals surface area contributed by atoms with Crippen LogP contribution in [-0.4, -0.2) is 14.1 Å². The van der Waals surface area contributed by atoms with Crippen LogP contribution in [0.5, 0.6) is 0 Å². The van der Waals surface area contributed by atoms with Gasteiger partial charge in [-0.25, -0.2) is 4.98 Å². The monoisotopic (exact) mass is 535 g/mol. The molecule has 0 atom stereocenters. The Hall–Kier alpha value is -5.67. The molecule has 3 heteroatoms. The van der Waals surface area contributed by atoms with Crippen molar-refractivity contribution in [2.75, 3.05) is 0 Å². The maximum absolute atomic E-state index is 4.97. The fraction of sp³-hybridized carbons (Fsp3) is 0. The standard InChI is InChI=1S/C39H25N3/c1-2-13-28(14-3-1)42-36-20-9-7-16-34(36)37-31(23-24-40-39(37)42)33-18-10-17-32-30-15-6-8-19-35(30)41(38(32)33)29-22-21-26-11-4-5-12-27(26)25-29/h1-25H. The van der Waals surface area contributed by atoms with E-state index in [9.17, 15) is 0 Å². The first-order valence-electron chi connectivity index (χ1n) is 14.3. The third-order valence-electron chi connectivity index (χ3n) is 8.55. The van der Waals surface area contributed by atoms with Crippen molar-refractivity contribution in [2.45, 2.75) is 0 Å². The molecule has 6 aromatic carbocycles. The Morgan fingerprint density at radius 3 is 1.98 bits per heavy atom. The summed E-state index contributed by atoms with van der Waals surface area (Å²) < 4.78 is 4.72. The summed E-state index contributed by atoms with van der Waals surface area (Å²) in [5.41, 5.74) is 9.17. The van der Waals surface area contributed by atoms with E-state index in [1.54, 1.807) is 0 Å². The first-order chi connectivity index (χ1) is 20.9. The number of fused-ring (bicyclic) bond motifs is 7. The lowest BCUT2D eigenvalue weighted by Gasteiger charge is -2.13. The van der Waals surface area contributed by atoms with Gasteiger partial charge in [-0.2, -0.15) is 0 Å². The Morgan fingerprint density at radius 2 is 1.12 bits per heavy atom. The van der Waals surface area contributed by atoms with E-state index in [0.29, 0.717) is 0 Å². The predicted molar refractivity (Wildman–Crippen MR) is 176 cm³/mol. The Labute approximate surface area is 242 Å². The molecule has 0 saturated carbocycles. The van der Waals surface area contributed by atoms with E-state index >= 15 is 0 Å². The smallest absolute Gasteiger partial charge is 0.146 e. The molecule has 3 heterocycles. The summed E-state index contributed by atoms with van der Waals surface area (Å²) in [7, 11) is 0. The zero-order valence-electron chi connectivity index (χ0n) is 22.8. The first kappa shape index (κ1) is 23.1. The Kier molecular flexibility index (Phi) is 4.90. The average Bonchev–Trinajstić information content (AvgIpc) is 3.58. The van der Waals surface area contributed by atoms with Crippen LogP contribution in [0.2, 0.25) is 0 Å². The van der Waals surface area contributed by atoms with Crippen LogP contribution < -0.4 is 0 Å². The SMILES string of the molecule is c1ccc(-n2c3ccccc3c3c(-c4cccc5c6ccccc6n(-c6ccc7ccccc7c6)c45)ccnc32)cc1. The molecule has 9 aromatic rings. The lowest BCUT2D eigenvalue weighted by molar-refractivity contribution is 1.14. The topological polar surface area (TPSA) is 22.8 Å². The zero-order chi connectivity index (χ0) is 27.6. The van der Waals surface area contributed by atoms with Crippen molar-refractivity contribution in [2.24, 2.45) is 0 Å². The summed E-state index contributed by atoms with van der Waals surface area (Å²) >= 11 is 0. The third-order valence-corrected chi connectivity index (χ3v) is 8.55. The van der Waals surface area contributed by atoms with Crippen LogP contribution in [0, 0.1) is 0 Å². The van der Waals surface area contributed by atoms with Crippen LogP contribution in [0.1, 0.15) is 0 Å². The molecule has 0 bridgehead atoms. The number of nitrogens with zero attached hydrogens (tertiary/aromatic N) is 3. The van der Waals surface area contributed by atoms with Crippen LogP contribution in [0.25, 0.3) is 77.0 Å². The molecule has 0 radical (unpaired) electrons. The number of para-hydroxylation sites is 4. The van der Waals surface area contributed by atoms with E-state index in [1.165, 1.54) is 54.5 Å². The van der Waals surface area contributed by atoms with Gasteiger partial charge in [-0.1, -0.05) is 103 Å². The highest BCUT2D eigenvalue weighted by atomic mass is 15.0. The minimum Gasteiger partial charge on any atom is -0.309 e. The molecule has 0 aliphatic rings. The number of hydrogen-bond acceptors (Lipinski definition) is 1. The second-order valence-corrected chi connectivity index (χ2v) is 10.8. The number of aromatic nitrogens is 3. The molecule has 0 N–H and O–H groups in total. The molecule has 0 unspecified atom stereocenters. The fourth-order valence-electron chi connectivity index (χ4n) is 6.76. The first-order valence-corrected chi connectivity index (χ1v) is 14.3. The number of benzene rings is 6. The number of pyridine rings is 1. The summed E-state index contributed by atoms with van der Waals surface area (Å²) in [5.74, 6) is 0. The van der Waals surface area contributed by atoms with E-state index in [2.05, 4.69) is 155 Å². The highest BCUT2D eigenvalue weighted by Gasteiger charge is 2.21. The molecule has 0 spiro atoms. The fourth-order valence-corrected chi connectivity index (χ4v) is 6.76. The van der Waals surface area contributed by atoms with Crippen molar-refractivity contribution < 1.29 is 0 Å². The van der Waals surface area contributed by atoms with Crippen molar-refractivity contribution >= 4 is 54.5 Å². The van der Waals surface area contributed by atoms with Gasteiger partial charge in [-0.05, 0) is 58.8 Å². The quantitative estimate of drug-likeness (QED) is 0.221. The summed E-state index contributed by atoms with van der Waals surface area (Å²) in [4.78, 5) is 4.97. The van der Waals surface area contributed by atoms with Gasteiger partial charge in [0.2, 0.25) is 0 Å². The van der Waals surface area contributed by atoms with Crippen molar-refractivity contribution in [3.05, 3.63) is 152 Å². The molecule has 42 heavy (non-hydrogen) atoms. The molecule has 0 saturated heterocycles. The van der Waals surface area contributed by atoms with Gasteiger partial charge in [0.05, 0.1) is 16.6 Å². The third kappa shape index (κ3) is 3.25. The molecular formula is C39H25N3. The van der Waals surface area contributed by atoms with Gasteiger partial charge in [-0.3, -0.25) is 4.57 Å². The van der Waals surface area contributed by atoms with Gasteiger partial charge >= 0.3 is 0 Å². The van der Waals surface area contributed by atoms with Crippen LogP contribution in [0.4, 0.5) is 0 Å². The molecule has 0 aliphatic heterocycles. The Balaban J connectivity index is 1.43. The molecule has 0 amide bonds. The predicted octanol–water partition coefficient (Wildman–Crippen LogP) is 10.1. The Morgan fingerprint density at radius 1 is 0.429 bits per heavy atom. The largest absolute Gasteiger partial charge is 0.309 e. The van der Waals surface area contributed by atoms with Crippen molar-refractivity contribution in [3.63, 3.8) is 0 Å². The van der Waals surface area contributed by atoms with Crippen molar-refractivity contribution in [3.8, 4) is 22.5 Å². The maximum atomic E-state index is 4.97. The van der Waals surface area contributed by atoms with Crippen LogP contribution in [0.3, 0.4) is 0 Å². The maximum Gasteiger partial charge on any atom is 0.146 e. The van der Waals surface area contributed by atoms with Crippen LogP contribution >= 0.6 is 0 Å². The van der Waals surface area contributed by atoms with Gasteiger partial charge < -0.3 is 4.57 Å². The summed E-state index contributed by atoms with van der Waals surface area (Å²) in [6, 6.07) is 52.2. The van der Waals surface area contributed by atoms with E-state index < -0.39 is 0 Å². The number of rotatable bonds is 3. The second-order valence-electron chi connectivity index (χ2n) is 10.8. The minimum atomic E-state index is 0.963. The van der Waals surface area contributed by atoms with E-state index in [4.69, 9.17) is 4.98 Å². The van der Waals surface area contributed by atoms with Crippen LogP contribution in [-0.2, 0) is 0 Å². The normalized spacial score (nSPS) is 11.8. The lowest BCUT2D eigenvalue weighted by atomic mass is 9.98.